The summed E-state index contributed by atoms with van der Waals surface area (Å²) in [5.41, 5.74) is 0. The van der Waals surface area contributed by atoms with Gasteiger partial charge in [0, 0.05) is 24.2 Å². The Labute approximate surface area is 126 Å². The number of carboxylic acid groups (broad SMARTS) is 1. The van der Waals surface area contributed by atoms with E-state index >= 15 is 0 Å². The number of hydrogen-bond donors (Lipinski definition) is 3. The van der Waals surface area contributed by atoms with Gasteiger partial charge >= 0.3 is 12.0 Å². The van der Waals surface area contributed by atoms with Gasteiger partial charge in [-0.25, -0.2) is 4.79 Å². The number of aliphatic carboxylic acids is 1. The molecule has 6 nitrogen and oxygen atoms in total. The van der Waals surface area contributed by atoms with Gasteiger partial charge in [-0.05, 0) is 46.6 Å². The maximum absolute atomic E-state index is 12.0. The van der Waals surface area contributed by atoms with Crippen molar-refractivity contribution in [1.82, 2.24) is 15.5 Å². The molecule has 0 aromatic heterocycles. The molecule has 0 aromatic carbocycles. The minimum atomic E-state index is -0.892. The van der Waals surface area contributed by atoms with E-state index in [-0.39, 0.29) is 18.1 Å². The Morgan fingerprint density at radius 3 is 2.29 bits per heavy atom. The van der Waals surface area contributed by atoms with Gasteiger partial charge in [0.05, 0.1) is 5.92 Å². The average molecular weight is 297 g/mol. The summed E-state index contributed by atoms with van der Waals surface area (Å²) in [6.45, 7) is 3.33. The summed E-state index contributed by atoms with van der Waals surface area (Å²) in [7, 11) is 2.18. The molecule has 6 heteroatoms. The van der Waals surface area contributed by atoms with E-state index in [2.05, 4.69) is 22.6 Å². The van der Waals surface area contributed by atoms with Gasteiger partial charge in [-0.1, -0.05) is 6.42 Å². The van der Waals surface area contributed by atoms with E-state index in [1.54, 1.807) is 13.8 Å². The van der Waals surface area contributed by atoms with Crippen molar-refractivity contribution < 1.29 is 14.7 Å². The number of carbonyl (C=O) groups excluding carboxylic acids is 1. The molecular weight excluding hydrogens is 270 g/mol. The number of carboxylic acids is 1. The van der Waals surface area contributed by atoms with Gasteiger partial charge in [-0.3, -0.25) is 4.79 Å². The van der Waals surface area contributed by atoms with Crippen LogP contribution in [0.25, 0.3) is 0 Å². The predicted octanol–water partition coefficient (Wildman–Crippen LogP) is 1.41. The van der Waals surface area contributed by atoms with Gasteiger partial charge in [0.2, 0.25) is 0 Å². The quantitative estimate of drug-likeness (QED) is 0.733. The van der Waals surface area contributed by atoms with Crippen molar-refractivity contribution in [2.45, 2.75) is 70.1 Å². The highest BCUT2D eigenvalue weighted by molar-refractivity contribution is 5.76. The number of piperidine rings is 2. The Hall–Kier alpha value is -1.30. The molecule has 2 rings (SSSR count). The van der Waals surface area contributed by atoms with Crippen LogP contribution >= 0.6 is 0 Å². The Morgan fingerprint density at radius 1 is 1.19 bits per heavy atom. The molecule has 21 heavy (non-hydrogen) atoms. The van der Waals surface area contributed by atoms with Crippen LogP contribution < -0.4 is 10.6 Å². The standard InChI is InChI=1S/C15H27N3O3/c1-9(14(19)20)10(2)16-15(21)17-11-7-12-5-4-6-13(8-11)18(12)3/h9-13H,4-8H2,1-3H3,(H,19,20)(H2,16,17,21). The van der Waals surface area contributed by atoms with Crippen molar-refractivity contribution in [3.8, 4) is 0 Å². The molecule has 0 aliphatic carbocycles. The number of hydrogen-bond acceptors (Lipinski definition) is 3. The van der Waals surface area contributed by atoms with Crippen LogP contribution in [0.1, 0.15) is 46.0 Å². The largest absolute Gasteiger partial charge is 0.481 e. The van der Waals surface area contributed by atoms with Crippen molar-refractivity contribution in [2.75, 3.05) is 7.05 Å². The zero-order valence-electron chi connectivity index (χ0n) is 13.1. The maximum Gasteiger partial charge on any atom is 0.315 e. The summed E-state index contributed by atoms with van der Waals surface area (Å²) in [6, 6.07) is 0.705. The molecule has 2 fully saturated rings. The number of urea groups is 1. The van der Waals surface area contributed by atoms with E-state index in [1.807, 2.05) is 0 Å². The number of amides is 2. The third kappa shape index (κ3) is 3.87. The number of carbonyl (C=O) groups is 2. The summed E-state index contributed by atoms with van der Waals surface area (Å²) >= 11 is 0. The molecule has 0 saturated carbocycles. The van der Waals surface area contributed by atoms with Crippen LogP contribution in [0.15, 0.2) is 0 Å². The number of rotatable bonds is 4. The first kappa shape index (κ1) is 16.1. The van der Waals surface area contributed by atoms with Gasteiger partial charge < -0.3 is 20.6 Å². The maximum atomic E-state index is 12.0. The van der Waals surface area contributed by atoms with Gasteiger partial charge in [-0.15, -0.1) is 0 Å². The molecule has 2 aliphatic heterocycles. The molecule has 120 valence electrons. The van der Waals surface area contributed by atoms with Gasteiger partial charge in [0.1, 0.15) is 0 Å². The molecule has 2 amide bonds. The summed E-state index contributed by atoms with van der Waals surface area (Å²) in [4.78, 5) is 25.4. The second kappa shape index (κ2) is 6.64. The van der Waals surface area contributed by atoms with Crippen LogP contribution in [0.2, 0.25) is 0 Å². The van der Waals surface area contributed by atoms with Gasteiger partial charge in [0.25, 0.3) is 0 Å². The molecule has 0 spiro atoms. The summed E-state index contributed by atoms with van der Waals surface area (Å²) in [6.07, 6.45) is 5.68. The zero-order valence-corrected chi connectivity index (χ0v) is 13.1. The first-order valence-corrected chi connectivity index (χ1v) is 7.90. The fourth-order valence-electron chi connectivity index (χ4n) is 3.51. The molecular formula is C15H27N3O3. The minimum Gasteiger partial charge on any atom is -0.481 e. The van der Waals surface area contributed by atoms with Crippen LogP contribution in [-0.2, 0) is 4.79 Å². The summed E-state index contributed by atoms with van der Waals surface area (Å²) < 4.78 is 0. The first-order valence-electron chi connectivity index (χ1n) is 7.90. The molecule has 0 aromatic rings. The minimum absolute atomic E-state index is 0.198. The number of nitrogens with zero attached hydrogens (tertiary/aromatic N) is 1. The number of fused-ring (bicyclic) bond motifs is 2. The van der Waals surface area contributed by atoms with Crippen molar-refractivity contribution in [3.63, 3.8) is 0 Å². The molecule has 2 aliphatic rings. The Balaban J connectivity index is 1.82. The Bertz CT molecular complexity index is 388. The van der Waals surface area contributed by atoms with Gasteiger partial charge in [-0.2, -0.15) is 0 Å². The molecule has 4 unspecified atom stereocenters. The van der Waals surface area contributed by atoms with E-state index in [1.165, 1.54) is 19.3 Å². The van der Waals surface area contributed by atoms with Crippen molar-refractivity contribution >= 4 is 12.0 Å². The summed E-state index contributed by atoms with van der Waals surface area (Å²) in [5, 5.41) is 14.7. The van der Waals surface area contributed by atoms with Crippen LogP contribution in [0.3, 0.4) is 0 Å². The van der Waals surface area contributed by atoms with Crippen LogP contribution in [0, 0.1) is 5.92 Å². The van der Waals surface area contributed by atoms with E-state index < -0.39 is 11.9 Å². The zero-order chi connectivity index (χ0) is 15.6. The fourth-order valence-corrected chi connectivity index (χ4v) is 3.51. The second-order valence-corrected chi connectivity index (χ2v) is 6.61. The Kier molecular flexibility index (Phi) is 5.08. The normalized spacial score (nSPS) is 32.0. The highest BCUT2D eigenvalue weighted by atomic mass is 16.4. The Morgan fingerprint density at radius 2 is 1.76 bits per heavy atom. The lowest BCUT2D eigenvalue weighted by Gasteiger charge is -2.47. The fraction of sp³-hybridized carbons (Fsp3) is 0.867. The first-order chi connectivity index (χ1) is 9.88. The van der Waals surface area contributed by atoms with Crippen molar-refractivity contribution in [1.29, 1.82) is 0 Å². The topological polar surface area (TPSA) is 81.7 Å². The SMILES string of the molecule is CC(NC(=O)NC1CC2CCCC(C1)N2C)C(C)C(=O)O. The van der Waals surface area contributed by atoms with Crippen LogP contribution in [0.4, 0.5) is 4.79 Å². The molecule has 0 radical (unpaired) electrons. The second-order valence-electron chi connectivity index (χ2n) is 6.61. The predicted molar refractivity (Wildman–Crippen MR) is 80.1 cm³/mol. The van der Waals surface area contributed by atoms with E-state index in [4.69, 9.17) is 5.11 Å². The molecule has 2 bridgehead atoms. The molecule has 4 atom stereocenters. The lowest BCUT2D eigenvalue weighted by molar-refractivity contribution is -0.141. The highest BCUT2D eigenvalue weighted by Gasteiger charge is 2.36. The van der Waals surface area contributed by atoms with Crippen LogP contribution in [-0.4, -0.2) is 53.2 Å². The van der Waals surface area contributed by atoms with E-state index in [0.29, 0.717) is 12.1 Å². The molecule has 3 N–H and O–H groups in total. The lowest BCUT2D eigenvalue weighted by atomic mass is 9.82. The third-order valence-electron chi connectivity index (χ3n) is 5.17. The smallest absolute Gasteiger partial charge is 0.315 e. The molecule has 2 saturated heterocycles. The lowest BCUT2D eigenvalue weighted by Crippen LogP contribution is -2.57. The monoisotopic (exact) mass is 297 g/mol. The highest BCUT2D eigenvalue weighted by Crippen LogP contribution is 2.32. The van der Waals surface area contributed by atoms with Crippen LogP contribution in [0.5, 0.6) is 0 Å². The van der Waals surface area contributed by atoms with Crippen molar-refractivity contribution in [2.24, 2.45) is 5.92 Å². The van der Waals surface area contributed by atoms with Crippen molar-refractivity contribution in [3.05, 3.63) is 0 Å². The van der Waals surface area contributed by atoms with E-state index in [0.717, 1.165) is 12.8 Å². The molecule has 2 heterocycles. The third-order valence-corrected chi connectivity index (χ3v) is 5.17. The average Bonchev–Trinajstić information content (AvgIpc) is 2.38. The van der Waals surface area contributed by atoms with Gasteiger partial charge in [0.15, 0.2) is 0 Å². The number of nitrogens with one attached hydrogen (secondary N) is 2. The van der Waals surface area contributed by atoms with E-state index in [9.17, 15) is 9.59 Å². The summed E-state index contributed by atoms with van der Waals surface area (Å²) in [5.74, 6) is -1.48.